The van der Waals surface area contributed by atoms with E-state index in [4.69, 9.17) is 0 Å². The molecule has 4 atom stereocenters. The Hall–Kier alpha value is -0.190. The molecule has 1 fully saturated rings. The molecule has 0 amide bonds. The fraction of sp³-hybridized carbons (Fsp3) is 0.714. The first-order chi connectivity index (χ1) is 8.76. The molecular weight excluding hydrogens is 262 g/mol. The Morgan fingerprint density at radius 1 is 1.44 bits per heavy atom. The molecule has 1 N–H and O–H groups in total. The van der Waals surface area contributed by atoms with Crippen molar-refractivity contribution in [3.63, 3.8) is 0 Å². The maximum Gasteiger partial charge on any atom is 0.0914 e. The van der Waals surface area contributed by atoms with Gasteiger partial charge < -0.3 is 5.32 Å². The molecule has 0 saturated heterocycles. The molecule has 1 aliphatic carbocycles. The molecule has 4 heteroatoms. The van der Waals surface area contributed by atoms with Crippen LogP contribution in [0.15, 0.2) is 21.7 Å². The minimum atomic E-state index is -0.837. The van der Waals surface area contributed by atoms with Crippen LogP contribution in [0.5, 0.6) is 0 Å². The highest BCUT2D eigenvalue weighted by molar-refractivity contribution is 7.88. The van der Waals surface area contributed by atoms with Gasteiger partial charge in [-0.05, 0) is 43.2 Å². The van der Waals surface area contributed by atoms with Crippen LogP contribution in [0.1, 0.15) is 39.5 Å². The number of rotatable bonds is 5. The van der Waals surface area contributed by atoms with E-state index in [9.17, 15) is 4.21 Å². The third-order valence-electron chi connectivity index (χ3n) is 3.91. The molecule has 102 valence electrons. The third kappa shape index (κ3) is 3.22. The Morgan fingerprint density at radius 2 is 2.28 bits per heavy atom. The van der Waals surface area contributed by atoms with E-state index in [1.807, 2.05) is 17.5 Å². The van der Waals surface area contributed by atoms with Gasteiger partial charge in [0.25, 0.3) is 0 Å². The Kier molecular flexibility index (Phi) is 5.39. The van der Waals surface area contributed by atoms with Gasteiger partial charge in [0.2, 0.25) is 0 Å². The van der Waals surface area contributed by atoms with E-state index in [2.05, 4.69) is 19.2 Å². The van der Waals surface area contributed by atoms with Gasteiger partial charge in [0, 0.05) is 6.04 Å². The Balaban J connectivity index is 2.11. The average molecular weight is 285 g/mol. The predicted octanol–water partition coefficient (Wildman–Crippen LogP) is 3.41. The lowest BCUT2D eigenvalue weighted by atomic mass is 9.84. The fourth-order valence-corrected chi connectivity index (χ4v) is 5.70. The van der Waals surface area contributed by atoms with Crippen LogP contribution < -0.4 is 5.32 Å². The Bertz CT molecular complexity index is 377. The van der Waals surface area contributed by atoms with Crippen molar-refractivity contribution in [3.8, 4) is 0 Å². The predicted molar refractivity (Wildman–Crippen MR) is 79.6 cm³/mol. The summed E-state index contributed by atoms with van der Waals surface area (Å²) in [5.41, 5.74) is 0. The van der Waals surface area contributed by atoms with Crippen LogP contribution >= 0.6 is 11.3 Å². The monoisotopic (exact) mass is 285 g/mol. The second-order valence-electron chi connectivity index (χ2n) is 5.02. The minimum absolute atomic E-state index is 0.294. The number of hydrogen-bond acceptors (Lipinski definition) is 3. The molecule has 1 aromatic rings. The van der Waals surface area contributed by atoms with Crippen LogP contribution in [0.25, 0.3) is 0 Å². The molecular formula is C14H23NOS2. The van der Waals surface area contributed by atoms with E-state index in [-0.39, 0.29) is 0 Å². The van der Waals surface area contributed by atoms with Crippen molar-refractivity contribution in [3.05, 3.63) is 17.5 Å². The molecule has 0 bridgehead atoms. The van der Waals surface area contributed by atoms with Gasteiger partial charge in [0.15, 0.2) is 0 Å². The number of nitrogens with one attached hydrogen (secondary N) is 1. The number of hydrogen-bond donors (Lipinski definition) is 1. The molecule has 1 aromatic heterocycles. The first-order valence-electron chi connectivity index (χ1n) is 6.93. The van der Waals surface area contributed by atoms with Gasteiger partial charge in [0.1, 0.15) is 0 Å². The molecule has 18 heavy (non-hydrogen) atoms. The van der Waals surface area contributed by atoms with Gasteiger partial charge in [-0.2, -0.15) is 0 Å². The van der Waals surface area contributed by atoms with Crippen molar-refractivity contribution in [1.82, 2.24) is 5.32 Å². The molecule has 1 heterocycles. The summed E-state index contributed by atoms with van der Waals surface area (Å²) in [7, 11) is -0.837. The Labute approximate surface area is 117 Å². The van der Waals surface area contributed by atoms with Gasteiger partial charge in [-0.25, -0.2) is 0 Å². The maximum atomic E-state index is 12.7. The van der Waals surface area contributed by atoms with Crippen LogP contribution in [0, 0.1) is 5.92 Å². The summed E-state index contributed by atoms with van der Waals surface area (Å²) in [5, 5.41) is 5.85. The van der Waals surface area contributed by atoms with Crippen molar-refractivity contribution in [2.24, 2.45) is 5.92 Å². The van der Waals surface area contributed by atoms with E-state index < -0.39 is 10.8 Å². The van der Waals surface area contributed by atoms with Crippen LogP contribution in [0.4, 0.5) is 0 Å². The summed E-state index contributed by atoms with van der Waals surface area (Å²) in [4.78, 5) is 0. The highest BCUT2D eigenvalue weighted by Crippen LogP contribution is 2.33. The van der Waals surface area contributed by atoms with Crippen LogP contribution in [0.3, 0.4) is 0 Å². The van der Waals surface area contributed by atoms with Crippen molar-refractivity contribution >= 4 is 22.1 Å². The topological polar surface area (TPSA) is 29.1 Å². The van der Waals surface area contributed by atoms with E-state index in [0.717, 1.165) is 23.1 Å². The van der Waals surface area contributed by atoms with Crippen molar-refractivity contribution < 1.29 is 4.21 Å². The summed E-state index contributed by atoms with van der Waals surface area (Å²) in [5.74, 6) is 0.758. The molecule has 1 aliphatic rings. The lowest BCUT2D eigenvalue weighted by Crippen LogP contribution is -2.46. The van der Waals surface area contributed by atoms with Gasteiger partial charge in [-0.15, -0.1) is 11.3 Å². The standard InChI is InChI=1S/C14H23NOS2/c1-3-11-7-8-12(15-4-2)13(10-11)18(16)14-6-5-9-17-14/h5-6,9,11-13,15H,3-4,7-8,10H2,1-2H3. The van der Waals surface area contributed by atoms with E-state index in [1.54, 1.807) is 11.3 Å². The largest absolute Gasteiger partial charge is 0.313 e. The zero-order chi connectivity index (χ0) is 13.0. The molecule has 1 saturated carbocycles. The second kappa shape index (κ2) is 6.83. The molecule has 0 aliphatic heterocycles. The van der Waals surface area contributed by atoms with Crippen molar-refractivity contribution in [2.75, 3.05) is 6.54 Å². The summed E-state index contributed by atoms with van der Waals surface area (Å²) >= 11 is 1.63. The summed E-state index contributed by atoms with van der Waals surface area (Å²) < 4.78 is 13.7. The molecule has 2 nitrogen and oxygen atoms in total. The number of thiophene rings is 1. The summed E-state index contributed by atoms with van der Waals surface area (Å²) in [6.07, 6.45) is 4.79. The third-order valence-corrected chi connectivity index (χ3v) is 6.96. The highest BCUT2D eigenvalue weighted by atomic mass is 32.2. The summed E-state index contributed by atoms with van der Waals surface area (Å²) in [6, 6.07) is 4.44. The molecule has 0 radical (unpaired) electrons. The zero-order valence-electron chi connectivity index (χ0n) is 11.2. The lowest BCUT2D eigenvalue weighted by Gasteiger charge is -2.35. The van der Waals surface area contributed by atoms with E-state index in [0.29, 0.717) is 11.3 Å². The van der Waals surface area contributed by atoms with E-state index >= 15 is 0 Å². The van der Waals surface area contributed by atoms with Gasteiger partial charge in [-0.3, -0.25) is 4.21 Å². The maximum absolute atomic E-state index is 12.7. The van der Waals surface area contributed by atoms with E-state index in [1.165, 1.54) is 19.3 Å². The van der Waals surface area contributed by atoms with Crippen LogP contribution in [0.2, 0.25) is 0 Å². The van der Waals surface area contributed by atoms with Crippen LogP contribution in [-0.2, 0) is 10.8 Å². The Morgan fingerprint density at radius 3 is 2.89 bits per heavy atom. The summed E-state index contributed by atoms with van der Waals surface area (Å²) in [6.45, 7) is 5.36. The minimum Gasteiger partial charge on any atom is -0.313 e. The normalized spacial score (nSPS) is 30.2. The average Bonchev–Trinajstić information content (AvgIpc) is 2.92. The first kappa shape index (κ1) is 14.2. The smallest absolute Gasteiger partial charge is 0.0914 e. The second-order valence-corrected chi connectivity index (χ2v) is 7.87. The van der Waals surface area contributed by atoms with Crippen LogP contribution in [-0.4, -0.2) is 22.0 Å². The van der Waals surface area contributed by atoms with Crippen molar-refractivity contribution in [1.29, 1.82) is 0 Å². The zero-order valence-corrected chi connectivity index (χ0v) is 12.9. The highest BCUT2D eigenvalue weighted by Gasteiger charge is 2.34. The lowest BCUT2D eigenvalue weighted by molar-refractivity contribution is 0.294. The molecule has 4 unspecified atom stereocenters. The van der Waals surface area contributed by atoms with Gasteiger partial charge in [0.05, 0.1) is 20.3 Å². The molecule has 2 rings (SSSR count). The molecule has 0 spiro atoms. The van der Waals surface area contributed by atoms with Gasteiger partial charge in [-0.1, -0.05) is 26.3 Å². The fourth-order valence-electron chi connectivity index (χ4n) is 2.84. The quantitative estimate of drug-likeness (QED) is 0.898. The SMILES string of the molecule is CCNC1CCC(CC)CC1S(=O)c1cccs1. The first-order valence-corrected chi connectivity index (χ1v) is 9.03. The van der Waals surface area contributed by atoms with Gasteiger partial charge >= 0.3 is 0 Å². The van der Waals surface area contributed by atoms with Crippen molar-refractivity contribution in [2.45, 2.75) is 55.0 Å². The molecule has 0 aromatic carbocycles.